The van der Waals surface area contributed by atoms with Crippen LogP contribution in [0.5, 0.6) is 0 Å². The summed E-state index contributed by atoms with van der Waals surface area (Å²) in [7, 11) is 0. The molecule has 1 N–H and O–H groups in total. The molecule has 33 heavy (non-hydrogen) atoms. The highest BCUT2D eigenvalue weighted by molar-refractivity contribution is 6.09. The first-order valence-corrected chi connectivity index (χ1v) is 10.9. The van der Waals surface area contributed by atoms with E-state index in [1.165, 1.54) is 0 Å². The monoisotopic (exact) mass is 444 g/mol. The van der Waals surface area contributed by atoms with E-state index < -0.39 is 17.5 Å². The normalized spacial score (nSPS) is 20.9. The Bertz CT molecular complexity index is 1230. The molecule has 2 saturated heterocycles. The van der Waals surface area contributed by atoms with E-state index in [0.29, 0.717) is 37.7 Å². The largest absolute Gasteiger partial charge is 0.338 e. The molecule has 5 rings (SSSR count). The number of fused-ring (bicyclic) bond motifs is 1. The Labute approximate surface area is 191 Å². The van der Waals surface area contributed by atoms with Gasteiger partial charge in [0, 0.05) is 38.6 Å². The van der Waals surface area contributed by atoms with Crippen LogP contribution in [-0.4, -0.2) is 70.3 Å². The van der Waals surface area contributed by atoms with Gasteiger partial charge in [0.1, 0.15) is 12.1 Å². The van der Waals surface area contributed by atoms with Gasteiger partial charge in [-0.3, -0.25) is 14.5 Å². The third-order valence-corrected chi connectivity index (χ3v) is 6.36. The van der Waals surface area contributed by atoms with Crippen molar-refractivity contribution in [1.29, 1.82) is 0 Å². The first kappa shape index (κ1) is 20.9. The van der Waals surface area contributed by atoms with E-state index in [4.69, 9.17) is 0 Å². The van der Waals surface area contributed by atoms with Crippen molar-refractivity contribution in [1.82, 2.24) is 25.1 Å². The molecule has 9 heteroatoms. The summed E-state index contributed by atoms with van der Waals surface area (Å²) < 4.78 is 0. The summed E-state index contributed by atoms with van der Waals surface area (Å²) in [6.07, 6.45) is 3.37. The zero-order chi connectivity index (χ0) is 23.0. The number of amides is 4. The second kappa shape index (κ2) is 8.16. The minimum absolute atomic E-state index is 0.255. The number of imide groups is 1. The maximum atomic E-state index is 13.3. The van der Waals surface area contributed by atoms with Crippen LogP contribution in [0.2, 0.25) is 0 Å². The summed E-state index contributed by atoms with van der Waals surface area (Å²) in [4.78, 5) is 52.1. The van der Waals surface area contributed by atoms with Crippen LogP contribution in [0.3, 0.4) is 0 Å². The maximum absolute atomic E-state index is 13.3. The van der Waals surface area contributed by atoms with E-state index in [-0.39, 0.29) is 12.5 Å². The van der Waals surface area contributed by atoms with Crippen LogP contribution in [-0.2, 0) is 15.1 Å². The average molecular weight is 444 g/mol. The fraction of sp³-hybridized carbons (Fsp3) is 0.292. The molecule has 3 aromatic rings. The Kier molecular flexibility index (Phi) is 5.16. The molecule has 2 fully saturated rings. The molecule has 0 bridgehead atoms. The smallest absolute Gasteiger partial charge is 0.325 e. The predicted octanol–water partition coefficient (Wildman–Crippen LogP) is 1.75. The second-order valence-electron chi connectivity index (χ2n) is 8.43. The third-order valence-electron chi connectivity index (χ3n) is 6.36. The van der Waals surface area contributed by atoms with Gasteiger partial charge in [-0.15, -0.1) is 0 Å². The van der Waals surface area contributed by atoms with E-state index in [1.807, 2.05) is 47.4 Å². The molecular formula is C24H24N6O3. The summed E-state index contributed by atoms with van der Waals surface area (Å²) >= 11 is 0. The molecule has 0 aliphatic carbocycles. The zero-order valence-corrected chi connectivity index (χ0v) is 18.3. The molecule has 0 radical (unpaired) electrons. The third kappa shape index (κ3) is 3.75. The zero-order valence-electron chi connectivity index (χ0n) is 18.3. The van der Waals surface area contributed by atoms with Crippen LogP contribution in [0.15, 0.2) is 60.9 Å². The van der Waals surface area contributed by atoms with Crippen molar-refractivity contribution in [3.05, 3.63) is 66.5 Å². The number of aromatic nitrogens is 2. The molecule has 4 amide bonds. The van der Waals surface area contributed by atoms with Gasteiger partial charge in [-0.05, 0) is 35.4 Å². The minimum Gasteiger partial charge on any atom is -0.338 e. The molecule has 9 nitrogen and oxygen atoms in total. The van der Waals surface area contributed by atoms with Crippen molar-refractivity contribution in [2.24, 2.45) is 0 Å². The number of urea groups is 1. The summed E-state index contributed by atoms with van der Waals surface area (Å²) in [5.74, 6) is -0.0489. The van der Waals surface area contributed by atoms with Crippen LogP contribution in [0.25, 0.3) is 10.8 Å². The van der Waals surface area contributed by atoms with Crippen molar-refractivity contribution in [3.8, 4) is 0 Å². The Hall–Kier alpha value is -4.01. The minimum atomic E-state index is -1.22. The lowest BCUT2D eigenvalue weighted by Crippen LogP contribution is -2.52. The fourth-order valence-electron chi connectivity index (χ4n) is 4.38. The highest BCUT2D eigenvalue weighted by Crippen LogP contribution is 2.31. The fourth-order valence-corrected chi connectivity index (χ4v) is 4.38. The van der Waals surface area contributed by atoms with Crippen LogP contribution >= 0.6 is 0 Å². The van der Waals surface area contributed by atoms with Gasteiger partial charge < -0.3 is 15.1 Å². The molecule has 0 unspecified atom stereocenters. The Morgan fingerprint density at radius 1 is 0.970 bits per heavy atom. The molecule has 3 heterocycles. The van der Waals surface area contributed by atoms with Crippen molar-refractivity contribution >= 4 is 34.6 Å². The number of hydrogen-bond donors (Lipinski definition) is 1. The molecule has 168 valence electrons. The van der Waals surface area contributed by atoms with Gasteiger partial charge in [-0.1, -0.05) is 36.4 Å². The molecule has 0 saturated carbocycles. The van der Waals surface area contributed by atoms with E-state index in [0.717, 1.165) is 15.7 Å². The van der Waals surface area contributed by atoms with Gasteiger partial charge in [-0.25, -0.2) is 14.8 Å². The highest BCUT2D eigenvalue weighted by Gasteiger charge is 2.49. The Morgan fingerprint density at radius 3 is 2.39 bits per heavy atom. The number of nitrogens with zero attached hydrogens (tertiary/aromatic N) is 5. The SMILES string of the molecule is C[C@@]1(c2ccc3ccccc3c2)NC(=O)N(CC(=O)N2CCN(c3ncccn3)CC2)C1=O. The van der Waals surface area contributed by atoms with E-state index in [2.05, 4.69) is 15.3 Å². The molecule has 2 aromatic carbocycles. The van der Waals surface area contributed by atoms with Crippen molar-refractivity contribution < 1.29 is 14.4 Å². The van der Waals surface area contributed by atoms with Gasteiger partial charge in [0.05, 0.1) is 0 Å². The van der Waals surface area contributed by atoms with Gasteiger partial charge >= 0.3 is 6.03 Å². The van der Waals surface area contributed by atoms with E-state index in [9.17, 15) is 14.4 Å². The summed E-state index contributed by atoms with van der Waals surface area (Å²) in [5, 5.41) is 4.82. The van der Waals surface area contributed by atoms with E-state index >= 15 is 0 Å². The maximum Gasteiger partial charge on any atom is 0.325 e. The lowest BCUT2D eigenvalue weighted by Gasteiger charge is -2.35. The van der Waals surface area contributed by atoms with Crippen molar-refractivity contribution in [2.75, 3.05) is 37.6 Å². The Balaban J connectivity index is 1.27. The number of piperazine rings is 1. The highest BCUT2D eigenvalue weighted by atomic mass is 16.2. The van der Waals surface area contributed by atoms with Crippen LogP contribution in [0.1, 0.15) is 12.5 Å². The topological polar surface area (TPSA) is 98.7 Å². The van der Waals surface area contributed by atoms with Gasteiger partial charge in [0.2, 0.25) is 11.9 Å². The number of carbonyl (C=O) groups excluding carboxylic acids is 3. The van der Waals surface area contributed by atoms with Crippen LogP contribution < -0.4 is 10.2 Å². The first-order valence-electron chi connectivity index (χ1n) is 10.9. The lowest BCUT2D eigenvalue weighted by atomic mass is 9.90. The van der Waals surface area contributed by atoms with Crippen molar-refractivity contribution in [2.45, 2.75) is 12.5 Å². The number of nitrogens with one attached hydrogen (secondary N) is 1. The van der Waals surface area contributed by atoms with Crippen LogP contribution in [0.4, 0.5) is 10.7 Å². The predicted molar refractivity (Wildman–Crippen MR) is 122 cm³/mol. The summed E-state index contributed by atoms with van der Waals surface area (Å²) in [6, 6.07) is 14.7. The van der Waals surface area contributed by atoms with Crippen molar-refractivity contribution in [3.63, 3.8) is 0 Å². The number of carbonyl (C=O) groups is 3. The number of hydrogen-bond acceptors (Lipinski definition) is 6. The lowest BCUT2D eigenvalue weighted by molar-refractivity contribution is -0.139. The molecular weight excluding hydrogens is 420 g/mol. The quantitative estimate of drug-likeness (QED) is 0.616. The second-order valence-corrected chi connectivity index (χ2v) is 8.43. The molecule has 1 aromatic heterocycles. The van der Waals surface area contributed by atoms with Crippen LogP contribution in [0, 0.1) is 0 Å². The summed E-state index contributed by atoms with van der Waals surface area (Å²) in [6.45, 7) is 3.52. The van der Waals surface area contributed by atoms with Gasteiger partial charge in [-0.2, -0.15) is 0 Å². The Morgan fingerprint density at radius 2 is 1.67 bits per heavy atom. The molecule has 2 aliphatic heterocycles. The van der Waals surface area contributed by atoms with Gasteiger partial charge in [0.15, 0.2) is 0 Å². The first-order chi connectivity index (χ1) is 16.0. The molecule has 0 spiro atoms. The molecule has 2 aliphatic rings. The standard InChI is InChI=1S/C24H24N6O3/c1-24(19-8-7-17-5-2-3-6-18(17)15-19)21(32)30(23(33)27-24)16-20(31)28-11-13-29(14-12-28)22-25-9-4-10-26-22/h2-10,15H,11-14,16H2,1H3,(H,27,33)/t24-/m0/s1. The average Bonchev–Trinajstić information content (AvgIpc) is 3.08. The molecule has 1 atom stereocenters. The van der Waals surface area contributed by atoms with Gasteiger partial charge in [0.25, 0.3) is 5.91 Å². The number of benzene rings is 2. The number of anilines is 1. The number of rotatable bonds is 4. The van der Waals surface area contributed by atoms with E-state index in [1.54, 1.807) is 30.3 Å². The summed E-state index contributed by atoms with van der Waals surface area (Å²) in [5.41, 5.74) is -0.531.